The van der Waals surface area contributed by atoms with Crippen LogP contribution in [0.25, 0.3) is 0 Å². The number of rotatable bonds is 7. The van der Waals surface area contributed by atoms with Crippen molar-refractivity contribution in [3.8, 4) is 5.75 Å². The molecule has 0 aliphatic heterocycles. The third-order valence-electron chi connectivity index (χ3n) is 4.30. The number of anilines is 2. The molecule has 6 nitrogen and oxygen atoms in total. The summed E-state index contributed by atoms with van der Waals surface area (Å²) in [5.74, 6) is 0.224. The number of ether oxygens (including phenoxy) is 1. The lowest BCUT2D eigenvalue weighted by molar-refractivity contribution is -0.114. The van der Waals surface area contributed by atoms with Gasteiger partial charge in [-0.2, -0.15) is 0 Å². The van der Waals surface area contributed by atoms with Crippen molar-refractivity contribution in [1.82, 2.24) is 0 Å². The second-order valence-corrected chi connectivity index (χ2v) is 8.34. The highest BCUT2D eigenvalue weighted by atomic mass is 32.2. The number of nitrogens with one attached hydrogen (secondary N) is 2. The summed E-state index contributed by atoms with van der Waals surface area (Å²) < 4.78 is 31.4. The molecule has 2 N–H and O–H groups in total. The van der Waals surface area contributed by atoms with E-state index in [1.54, 1.807) is 72.8 Å². The molecule has 0 heterocycles. The van der Waals surface area contributed by atoms with Crippen LogP contribution in [0.3, 0.4) is 0 Å². The Morgan fingerprint density at radius 2 is 1.62 bits per heavy atom. The first kappa shape index (κ1) is 20.4. The van der Waals surface area contributed by atoms with E-state index in [4.69, 9.17) is 4.74 Å². The molecule has 0 fully saturated rings. The van der Waals surface area contributed by atoms with Crippen molar-refractivity contribution in [3.05, 3.63) is 78.4 Å². The Hall–Kier alpha value is -3.32. The van der Waals surface area contributed by atoms with Crippen molar-refractivity contribution in [2.45, 2.75) is 16.7 Å². The van der Waals surface area contributed by atoms with Crippen LogP contribution in [0.1, 0.15) is 5.56 Å². The van der Waals surface area contributed by atoms with E-state index in [1.165, 1.54) is 7.11 Å². The largest absolute Gasteiger partial charge is 0.495 e. The minimum Gasteiger partial charge on any atom is -0.495 e. The van der Waals surface area contributed by atoms with E-state index in [1.807, 2.05) is 6.92 Å². The van der Waals surface area contributed by atoms with E-state index in [9.17, 15) is 13.2 Å². The fourth-order valence-corrected chi connectivity index (χ4v) is 4.38. The predicted octanol–water partition coefficient (Wildman–Crippen LogP) is 3.89. The van der Waals surface area contributed by atoms with Crippen molar-refractivity contribution in [2.75, 3.05) is 24.3 Å². The topological polar surface area (TPSA) is 84.5 Å². The maximum Gasteiger partial charge on any atom is 0.243 e. The van der Waals surface area contributed by atoms with Crippen LogP contribution in [0, 0.1) is 6.92 Å². The molecule has 0 atom stereocenters. The molecule has 1 amide bonds. The number of para-hydroxylation sites is 2. The van der Waals surface area contributed by atoms with Crippen molar-refractivity contribution in [2.24, 2.45) is 0 Å². The van der Waals surface area contributed by atoms with Gasteiger partial charge < -0.3 is 15.4 Å². The SMILES string of the molecule is COc1ccccc1NC(=O)CNc1ccc(C)cc1S(=O)(=O)c1ccccc1. The minimum absolute atomic E-state index is 0.0988. The Morgan fingerprint density at radius 1 is 0.931 bits per heavy atom. The molecular weight excluding hydrogens is 388 g/mol. The summed E-state index contributed by atoms with van der Waals surface area (Å²) in [6.07, 6.45) is 0. The molecule has 7 heteroatoms. The van der Waals surface area contributed by atoms with Crippen LogP contribution in [-0.4, -0.2) is 28.0 Å². The molecule has 0 radical (unpaired) electrons. The van der Waals surface area contributed by atoms with Gasteiger partial charge in [0.15, 0.2) is 0 Å². The van der Waals surface area contributed by atoms with Gasteiger partial charge in [0.05, 0.1) is 34.8 Å². The number of sulfone groups is 1. The summed E-state index contributed by atoms with van der Waals surface area (Å²) >= 11 is 0. The zero-order valence-corrected chi connectivity index (χ0v) is 17.0. The van der Waals surface area contributed by atoms with E-state index in [-0.39, 0.29) is 22.2 Å². The number of amides is 1. The van der Waals surface area contributed by atoms with Crippen LogP contribution in [0.4, 0.5) is 11.4 Å². The molecule has 0 saturated carbocycles. The molecule has 3 rings (SSSR count). The van der Waals surface area contributed by atoms with Gasteiger partial charge in [0.25, 0.3) is 0 Å². The molecule has 3 aromatic rings. The van der Waals surface area contributed by atoms with Gasteiger partial charge in [0.2, 0.25) is 15.7 Å². The highest BCUT2D eigenvalue weighted by molar-refractivity contribution is 7.91. The van der Waals surface area contributed by atoms with Gasteiger partial charge in [-0.3, -0.25) is 4.79 Å². The first-order valence-corrected chi connectivity index (χ1v) is 10.5. The number of aryl methyl sites for hydroxylation is 1. The minimum atomic E-state index is -3.72. The van der Waals surface area contributed by atoms with Crippen LogP contribution < -0.4 is 15.4 Å². The van der Waals surface area contributed by atoms with Gasteiger partial charge in [-0.15, -0.1) is 0 Å². The number of hydrogen-bond acceptors (Lipinski definition) is 5. The lowest BCUT2D eigenvalue weighted by atomic mass is 10.2. The molecule has 29 heavy (non-hydrogen) atoms. The summed E-state index contributed by atoms with van der Waals surface area (Å²) in [6.45, 7) is 1.72. The zero-order valence-electron chi connectivity index (χ0n) is 16.2. The van der Waals surface area contributed by atoms with Gasteiger partial charge in [0, 0.05) is 0 Å². The van der Waals surface area contributed by atoms with E-state index >= 15 is 0 Å². The van der Waals surface area contributed by atoms with Gasteiger partial charge in [-0.05, 0) is 48.9 Å². The summed E-state index contributed by atoms with van der Waals surface area (Å²) in [5, 5.41) is 5.70. The number of methoxy groups -OCH3 is 1. The van der Waals surface area contributed by atoms with Crippen LogP contribution >= 0.6 is 0 Å². The molecule has 0 spiro atoms. The first-order valence-electron chi connectivity index (χ1n) is 8.99. The van der Waals surface area contributed by atoms with Crippen LogP contribution in [0.15, 0.2) is 82.6 Å². The van der Waals surface area contributed by atoms with E-state index < -0.39 is 9.84 Å². The third kappa shape index (κ3) is 4.75. The van der Waals surface area contributed by atoms with E-state index in [0.29, 0.717) is 17.1 Å². The molecule has 0 bridgehead atoms. The Morgan fingerprint density at radius 3 is 2.34 bits per heavy atom. The average Bonchev–Trinajstić information content (AvgIpc) is 2.74. The lowest BCUT2D eigenvalue weighted by Crippen LogP contribution is -2.23. The van der Waals surface area contributed by atoms with Crippen LogP contribution in [0.5, 0.6) is 5.75 Å². The maximum absolute atomic E-state index is 13.1. The second kappa shape index (κ2) is 8.79. The maximum atomic E-state index is 13.1. The zero-order chi connectivity index (χ0) is 20.9. The highest BCUT2D eigenvalue weighted by Crippen LogP contribution is 2.29. The van der Waals surface area contributed by atoms with Crippen LogP contribution in [-0.2, 0) is 14.6 Å². The Labute approximate surface area is 170 Å². The van der Waals surface area contributed by atoms with Crippen molar-refractivity contribution < 1.29 is 17.9 Å². The van der Waals surface area contributed by atoms with Crippen molar-refractivity contribution >= 4 is 27.1 Å². The fraction of sp³-hybridized carbons (Fsp3) is 0.136. The number of carbonyl (C=O) groups excluding carboxylic acids is 1. The van der Waals surface area contributed by atoms with E-state index in [0.717, 1.165) is 5.56 Å². The lowest BCUT2D eigenvalue weighted by Gasteiger charge is -2.14. The smallest absolute Gasteiger partial charge is 0.243 e. The number of carbonyl (C=O) groups is 1. The second-order valence-electron chi connectivity index (χ2n) is 6.42. The molecule has 0 aromatic heterocycles. The molecule has 0 aliphatic rings. The predicted molar refractivity (Wildman–Crippen MR) is 113 cm³/mol. The Bertz CT molecular complexity index is 1110. The molecule has 3 aromatic carbocycles. The Kier molecular flexibility index (Phi) is 6.19. The molecule has 0 unspecified atom stereocenters. The summed E-state index contributed by atoms with van der Waals surface area (Å²) in [4.78, 5) is 12.7. The monoisotopic (exact) mass is 410 g/mol. The van der Waals surface area contributed by atoms with Gasteiger partial charge >= 0.3 is 0 Å². The first-order chi connectivity index (χ1) is 13.9. The standard InChI is InChI=1S/C22H22N2O4S/c1-16-12-13-19(21(14-16)29(26,27)17-8-4-3-5-9-17)23-15-22(25)24-18-10-6-7-11-20(18)28-2/h3-14,23H,15H2,1-2H3,(H,24,25). The van der Waals surface area contributed by atoms with Crippen molar-refractivity contribution in [1.29, 1.82) is 0 Å². The fourth-order valence-electron chi connectivity index (χ4n) is 2.84. The highest BCUT2D eigenvalue weighted by Gasteiger charge is 2.21. The normalized spacial score (nSPS) is 11.0. The van der Waals surface area contributed by atoms with E-state index in [2.05, 4.69) is 10.6 Å². The molecular formula is C22H22N2O4S. The van der Waals surface area contributed by atoms with Gasteiger partial charge in [-0.1, -0.05) is 36.4 Å². The average molecular weight is 410 g/mol. The molecule has 0 saturated heterocycles. The molecule has 150 valence electrons. The summed E-state index contributed by atoms with van der Waals surface area (Å²) in [7, 11) is -2.20. The number of benzene rings is 3. The molecule has 0 aliphatic carbocycles. The Balaban J connectivity index is 1.81. The quantitative estimate of drug-likeness (QED) is 0.617. The van der Waals surface area contributed by atoms with Gasteiger partial charge in [0.1, 0.15) is 5.75 Å². The summed E-state index contributed by atoms with van der Waals surface area (Å²) in [6, 6.07) is 20.3. The number of hydrogen-bond donors (Lipinski definition) is 2. The third-order valence-corrected chi connectivity index (χ3v) is 6.11. The van der Waals surface area contributed by atoms with Crippen molar-refractivity contribution in [3.63, 3.8) is 0 Å². The van der Waals surface area contributed by atoms with Gasteiger partial charge in [-0.25, -0.2) is 8.42 Å². The summed E-state index contributed by atoms with van der Waals surface area (Å²) in [5.41, 5.74) is 1.72. The van der Waals surface area contributed by atoms with Crippen LogP contribution in [0.2, 0.25) is 0 Å².